The number of aliphatic imine (C=N–C) groups is 2. The summed E-state index contributed by atoms with van der Waals surface area (Å²) < 4.78 is 0. The minimum Gasteiger partial charge on any atom is -0.286 e. The van der Waals surface area contributed by atoms with E-state index in [1.54, 1.807) is 7.05 Å². The highest BCUT2D eigenvalue weighted by molar-refractivity contribution is 6.07. The van der Waals surface area contributed by atoms with Gasteiger partial charge in [-0.2, -0.15) is 0 Å². The quantitative estimate of drug-likeness (QED) is 0.529. The normalized spacial score (nSPS) is 12.0. The number of allylic oxidation sites excluding steroid dienone is 2. The minimum absolute atomic E-state index is 0.612. The number of hydrogen-bond donors (Lipinski definition) is 0. The van der Waals surface area contributed by atoms with Crippen LogP contribution in [0.25, 0.3) is 0 Å². The monoisotopic (exact) mass is 136 g/mol. The predicted molar refractivity (Wildman–Crippen MR) is 46.9 cm³/mol. The van der Waals surface area contributed by atoms with Gasteiger partial charge in [0.2, 0.25) is 0 Å². The molecule has 0 atom stereocenters. The molecule has 0 aliphatic rings. The van der Waals surface area contributed by atoms with E-state index in [1.807, 2.05) is 19.1 Å². The molecule has 0 heterocycles. The van der Waals surface area contributed by atoms with Crippen LogP contribution < -0.4 is 0 Å². The van der Waals surface area contributed by atoms with Crippen LogP contribution in [-0.4, -0.2) is 19.5 Å². The van der Waals surface area contributed by atoms with Crippen LogP contribution in [0.2, 0.25) is 0 Å². The molecule has 54 valence electrons. The molecule has 0 aliphatic heterocycles. The molecule has 0 bridgehead atoms. The molecule has 0 amide bonds. The summed E-state index contributed by atoms with van der Waals surface area (Å²) >= 11 is 0. The van der Waals surface area contributed by atoms with Gasteiger partial charge in [-0.15, -0.1) is 0 Å². The van der Waals surface area contributed by atoms with Gasteiger partial charge >= 0.3 is 0 Å². The maximum absolute atomic E-state index is 3.95. The third kappa shape index (κ3) is 2.40. The van der Waals surface area contributed by atoms with Crippen molar-refractivity contribution in [1.29, 1.82) is 0 Å². The van der Waals surface area contributed by atoms with E-state index in [1.165, 1.54) is 0 Å². The zero-order chi connectivity index (χ0) is 7.98. The van der Waals surface area contributed by atoms with Gasteiger partial charge in [0.05, 0.1) is 11.4 Å². The first-order chi connectivity index (χ1) is 4.76. The van der Waals surface area contributed by atoms with Gasteiger partial charge in [-0.05, 0) is 19.7 Å². The Morgan fingerprint density at radius 3 is 2.40 bits per heavy atom. The van der Waals surface area contributed by atoms with Crippen LogP contribution in [0.1, 0.15) is 6.92 Å². The minimum atomic E-state index is 0.612. The zero-order valence-electron chi connectivity index (χ0n) is 6.46. The molecule has 0 unspecified atom stereocenters. The molecule has 2 heteroatoms. The average Bonchev–Trinajstić information content (AvgIpc) is 1.99. The molecule has 2 nitrogen and oxygen atoms in total. The second kappa shape index (κ2) is 4.68. The first-order valence-electron chi connectivity index (χ1n) is 3.01. The van der Waals surface area contributed by atoms with Crippen LogP contribution in [0.5, 0.6) is 0 Å². The summed E-state index contributed by atoms with van der Waals surface area (Å²) in [5, 5.41) is 0. The highest BCUT2D eigenvalue weighted by atomic mass is 14.8. The molecular weight excluding hydrogens is 124 g/mol. The van der Waals surface area contributed by atoms with Gasteiger partial charge in [0, 0.05) is 7.05 Å². The lowest BCUT2D eigenvalue weighted by Gasteiger charge is -1.95. The fourth-order valence-corrected chi connectivity index (χ4v) is 0.539. The van der Waals surface area contributed by atoms with Gasteiger partial charge in [-0.25, -0.2) is 0 Å². The molecule has 0 aliphatic carbocycles. The standard InChI is InChI=1S/C8H12N2/c1-5-6-8(10-4)7(2)9-3/h5-6H,2-3H2,1,4H3/b6-5-,10-8?. The van der Waals surface area contributed by atoms with Crippen molar-refractivity contribution >= 4 is 12.4 Å². The van der Waals surface area contributed by atoms with Crippen LogP contribution in [0.4, 0.5) is 0 Å². The number of hydrogen-bond acceptors (Lipinski definition) is 2. The average molecular weight is 136 g/mol. The summed E-state index contributed by atoms with van der Waals surface area (Å²) in [5.41, 5.74) is 1.39. The molecule has 10 heavy (non-hydrogen) atoms. The fourth-order valence-electron chi connectivity index (χ4n) is 0.539. The Balaban J connectivity index is 4.37. The van der Waals surface area contributed by atoms with Gasteiger partial charge in [0.15, 0.2) is 0 Å². The lowest BCUT2D eigenvalue weighted by Crippen LogP contribution is -1.93. The topological polar surface area (TPSA) is 24.7 Å². The van der Waals surface area contributed by atoms with Crippen molar-refractivity contribution in [2.24, 2.45) is 9.98 Å². The Hall–Kier alpha value is -1.18. The number of rotatable bonds is 3. The van der Waals surface area contributed by atoms with E-state index in [0.29, 0.717) is 5.70 Å². The third-order valence-corrected chi connectivity index (χ3v) is 1.05. The molecule has 0 spiro atoms. The van der Waals surface area contributed by atoms with E-state index in [2.05, 4.69) is 23.3 Å². The van der Waals surface area contributed by atoms with Crippen molar-refractivity contribution in [3.63, 3.8) is 0 Å². The second-order valence-electron chi connectivity index (χ2n) is 1.71. The summed E-state index contributed by atoms with van der Waals surface area (Å²) in [6.45, 7) is 8.92. The Kier molecular flexibility index (Phi) is 4.12. The van der Waals surface area contributed by atoms with E-state index < -0.39 is 0 Å². The highest BCUT2D eigenvalue weighted by Crippen LogP contribution is 1.96. The second-order valence-corrected chi connectivity index (χ2v) is 1.71. The predicted octanol–water partition coefficient (Wildman–Crippen LogP) is 1.85. The summed E-state index contributed by atoms with van der Waals surface area (Å²) in [5.74, 6) is 0. The molecule has 0 saturated heterocycles. The van der Waals surface area contributed by atoms with Crippen LogP contribution in [0, 0.1) is 0 Å². The Bertz CT molecular complexity index is 187. The highest BCUT2D eigenvalue weighted by Gasteiger charge is 1.93. The largest absolute Gasteiger partial charge is 0.286 e. The third-order valence-electron chi connectivity index (χ3n) is 1.05. The van der Waals surface area contributed by atoms with E-state index in [4.69, 9.17) is 0 Å². The molecule has 0 N–H and O–H groups in total. The molecule has 0 aromatic carbocycles. The van der Waals surface area contributed by atoms with E-state index in [9.17, 15) is 0 Å². The van der Waals surface area contributed by atoms with Crippen LogP contribution in [-0.2, 0) is 0 Å². The lowest BCUT2D eigenvalue weighted by molar-refractivity contribution is 1.40. The van der Waals surface area contributed by atoms with Crippen molar-refractivity contribution < 1.29 is 0 Å². The van der Waals surface area contributed by atoms with Gasteiger partial charge in [-0.1, -0.05) is 12.7 Å². The SMILES string of the molecule is C=NC(=C)C(/C=C\C)=NC. The maximum Gasteiger partial charge on any atom is 0.0817 e. The molecule has 0 aromatic rings. The first-order valence-corrected chi connectivity index (χ1v) is 3.01. The molecule has 0 rings (SSSR count). The van der Waals surface area contributed by atoms with Crippen molar-refractivity contribution in [2.75, 3.05) is 7.05 Å². The molecular formula is C8H12N2. The van der Waals surface area contributed by atoms with Gasteiger partial charge < -0.3 is 0 Å². The molecule has 0 saturated carbocycles. The lowest BCUT2D eigenvalue weighted by atomic mass is 10.3. The molecule has 0 radical (unpaired) electrons. The zero-order valence-corrected chi connectivity index (χ0v) is 6.46. The van der Waals surface area contributed by atoms with Gasteiger partial charge in [0.25, 0.3) is 0 Å². The smallest absolute Gasteiger partial charge is 0.0817 e. The van der Waals surface area contributed by atoms with Gasteiger partial charge in [0.1, 0.15) is 0 Å². The molecule has 0 aromatic heterocycles. The maximum atomic E-state index is 3.95. The Labute approximate surface area is 61.7 Å². The van der Waals surface area contributed by atoms with E-state index in [-0.39, 0.29) is 0 Å². The van der Waals surface area contributed by atoms with E-state index >= 15 is 0 Å². The summed E-state index contributed by atoms with van der Waals surface area (Å²) in [4.78, 5) is 7.60. The Morgan fingerprint density at radius 2 is 2.10 bits per heavy atom. The van der Waals surface area contributed by atoms with Crippen molar-refractivity contribution in [2.45, 2.75) is 6.92 Å². The van der Waals surface area contributed by atoms with Crippen molar-refractivity contribution in [3.05, 3.63) is 24.4 Å². The Morgan fingerprint density at radius 1 is 1.50 bits per heavy atom. The van der Waals surface area contributed by atoms with Crippen LogP contribution in [0.15, 0.2) is 34.4 Å². The summed E-state index contributed by atoms with van der Waals surface area (Å²) in [6, 6.07) is 0. The molecule has 0 fully saturated rings. The summed E-state index contributed by atoms with van der Waals surface area (Å²) in [6.07, 6.45) is 3.73. The first kappa shape index (κ1) is 8.82. The van der Waals surface area contributed by atoms with Crippen LogP contribution in [0.3, 0.4) is 0 Å². The number of nitrogens with zero attached hydrogens (tertiary/aromatic N) is 2. The van der Waals surface area contributed by atoms with Crippen LogP contribution >= 0.6 is 0 Å². The van der Waals surface area contributed by atoms with E-state index in [0.717, 1.165) is 5.71 Å². The van der Waals surface area contributed by atoms with Crippen molar-refractivity contribution in [1.82, 2.24) is 0 Å². The fraction of sp³-hybridized carbons (Fsp3) is 0.250. The summed E-state index contributed by atoms with van der Waals surface area (Å²) in [7, 11) is 1.70. The van der Waals surface area contributed by atoms with Crippen molar-refractivity contribution in [3.8, 4) is 0 Å². The van der Waals surface area contributed by atoms with Gasteiger partial charge in [-0.3, -0.25) is 9.98 Å².